The number of aliphatic imine (C=N–C) groups is 1. The van der Waals surface area contributed by atoms with Crippen molar-refractivity contribution in [2.45, 2.75) is 25.1 Å². The van der Waals surface area contributed by atoms with E-state index in [1.807, 2.05) is 25.1 Å². The van der Waals surface area contributed by atoms with E-state index < -0.39 is 11.2 Å². The van der Waals surface area contributed by atoms with Gasteiger partial charge in [-0.3, -0.25) is 14.6 Å². The first kappa shape index (κ1) is 22.7. The molecule has 1 saturated heterocycles. The van der Waals surface area contributed by atoms with Gasteiger partial charge in [-0.05, 0) is 48.9 Å². The van der Waals surface area contributed by atoms with Crippen LogP contribution in [0.2, 0.25) is 0 Å². The Hall–Kier alpha value is -3.53. The number of nitrogens with one attached hydrogen (secondary N) is 1. The van der Waals surface area contributed by atoms with Gasteiger partial charge >= 0.3 is 5.97 Å². The van der Waals surface area contributed by atoms with Crippen molar-refractivity contribution in [3.05, 3.63) is 53.6 Å². The molecule has 2 aliphatic heterocycles. The van der Waals surface area contributed by atoms with E-state index in [1.165, 1.54) is 31.0 Å². The van der Waals surface area contributed by atoms with Crippen LogP contribution in [-0.2, 0) is 20.9 Å². The van der Waals surface area contributed by atoms with Crippen molar-refractivity contribution in [1.82, 2.24) is 5.32 Å². The standard InChI is InChI=1S/C23H23N3O6S/c1-3-24-23(25-12-14-4-9-17-18(10-14)32-13-31-17)33-19-11-20(27)26(21(19)28)16-7-5-15(6-8-16)22(29)30-2/h4-10,19H,3,11-13H2,1-2H3,(H,24,25)/t19-/m0/s1. The molecule has 9 nitrogen and oxygen atoms in total. The van der Waals surface area contributed by atoms with Gasteiger partial charge in [0.1, 0.15) is 5.25 Å². The Balaban J connectivity index is 1.45. The summed E-state index contributed by atoms with van der Waals surface area (Å²) in [5.74, 6) is 0.298. The first-order valence-electron chi connectivity index (χ1n) is 10.4. The van der Waals surface area contributed by atoms with Gasteiger partial charge in [0.25, 0.3) is 0 Å². The fraction of sp³-hybridized carbons (Fsp3) is 0.304. The molecule has 1 N–H and O–H groups in total. The maximum atomic E-state index is 13.0. The lowest BCUT2D eigenvalue weighted by Crippen LogP contribution is -2.32. The lowest BCUT2D eigenvalue weighted by atomic mass is 10.2. The summed E-state index contributed by atoms with van der Waals surface area (Å²) in [4.78, 5) is 43.0. The Kier molecular flexibility index (Phi) is 6.83. The van der Waals surface area contributed by atoms with Crippen LogP contribution in [0.1, 0.15) is 29.3 Å². The van der Waals surface area contributed by atoms with Gasteiger partial charge in [0.15, 0.2) is 16.7 Å². The quantitative estimate of drug-likeness (QED) is 0.298. The number of hydrogen-bond donors (Lipinski definition) is 1. The summed E-state index contributed by atoms with van der Waals surface area (Å²) < 4.78 is 15.4. The third kappa shape index (κ3) is 4.95. The molecule has 10 heteroatoms. The van der Waals surface area contributed by atoms with Crippen LogP contribution >= 0.6 is 11.8 Å². The molecule has 0 unspecified atom stereocenters. The van der Waals surface area contributed by atoms with Crippen molar-refractivity contribution < 1.29 is 28.6 Å². The first-order valence-corrected chi connectivity index (χ1v) is 11.3. The fourth-order valence-electron chi connectivity index (χ4n) is 3.46. The zero-order chi connectivity index (χ0) is 23.4. The highest BCUT2D eigenvalue weighted by Gasteiger charge is 2.40. The molecule has 1 atom stereocenters. The number of fused-ring (bicyclic) bond motifs is 1. The van der Waals surface area contributed by atoms with Crippen LogP contribution < -0.4 is 19.7 Å². The number of esters is 1. The molecule has 0 radical (unpaired) electrons. The predicted molar refractivity (Wildman–Crippen MR) is 124 cm³/mol. The molecule has 0 saturated carbocycles. The molecule has 0 spiro atoms. The van der Waals surface area contributed by atoms with Crippen molar-refractivity contribution in [3.63, 3.8) is 0 Å². The second-order valence-corrected chi connectivity index (χ2v) is 8.45. The van der Waals surface area contributed by atoms with E-state index in [2.05, 4.69) is 15.0 Å². The van der Waals surface area contributed by atoms with Gasteiger partial charge < -0.3 is 19.5 Å². The number of carbonyl (C=O) groups is 3. The van der Waals surface area contributed by atoms with Crippen LogP contribution in [0.25, 0.3) is 0 Å². The number of ether oxygens (including phenoxy) is 3. The van der Waals surface area contributed by atoms with Gasteiger partial charge in [-0.1, -0.05) is 17.8 Å². The third-order valence-electron chi connectivity index (χ3n) is 5.08. The van der Waals surface area contributed by atoms with Gasteiger partial charge in [-0.15, -0.1) is 0 Å². The normalized spacial score (nSPS) is 17.5. The Bertz CT molecular complexity index is 1100. The van der Waals surface area contributed by atoms with Crippen LogP contribution in [0.3, 0.4) is 0 Å². The zero-order valence-corrected chi connectivity index (χ0v) is 19.0. The van der Waals surface area contributed by atoms with Crippen LogP contribution in [0.4, 0.5) is 5.69 Å². The number of imide groups is 1. The molecule has 0 aliphatic carbocycles. The Morgan fingerprint density at radius 2 is 1.94 bits per heavy atom. The molecule has 2 aromatic carbocycles. The van der Waals surface area contributed by atoms with Gasteiger partial charge in [-0.25, -0.2) is 9.69 Å². The van der Waals surface area contributed by atoms with E-state index in [4.69, 9.17) is 9.47 Å². The topological polar surface area (TPSA) is 107 Å². The first-order chi connectivity index (χ1) is 16.0. The highest BCUT2D eigenvalue weighted by Crippen LogP contribution is 2.33. The summed E-state index contributed by atoms with van der Waals surface area (Å²) in [5.41, 5.74) is 1.70. The summed E-state index contributed by atoms with van der Waals surface area (Å²) >= 11 is 1.24. The Labute approximate surface area is 195 Å². The van der Waals surface area contributed by atoms with Crippen molar-refractivity contribution in [1.29, 1.82) is 0 Å². The highest BCUT2D eigenvalue weighted by molar-refractivity contribution is 8.15. The number of benzene rings is 2. The SMILES string of the molecule is CCNC(=NCc1ccc2c(c1)OCO2)S[C@H]1CC(=O)N(c2ccc(C(=O)OC)cc2)C1=O. The molecule has 172 valence electrons. The number of anilines is 1. The van der Waals surface area contributed by atoms with Crippen molar-refractivity contribution >= 4 is 40.4 Å². The molecule has 2 amide bonds. The Morgan fingerprint density at radius 1 is 1.18 bits per heavy atom. The third-order valence-corrected chi connectivity index (χ3v) is 6.23. The second kappa shape index (κ2) is 9.95. The summed E-state index contributed by atoms with van der Waals surface area (Å²) in [5, 5.41) is 3.17. The molecule has 1 fully saturated rings. The smallest absolute Gasteiger partial charge is 0.337 e. The van der Waals surface area contributed by atoms with Gasteiger partial charge in [0, 0.05) is 13.0 Å². The van der Waals surface area contributed by atoms with Gasteiger partial charge in [0.2, 0.25) is 18.6 Å². The molecule has 0 bridgehead atoms. The second-order valence-electron chi connectivity index (χ2n) is 7.26. The Morgan fingerprint density at radius 3 is 2.67 bits per heavy atom. The maximum Gasteiger partial charge on any atom is 0.337 e. The minimum atomic E-state index is -0.590. The van der Waals surface area contributed by atoms with Crippen LogP contribution in [0, 0.1) is 0 Å². The molecule has 2 heterocycles. The number of amides is 2. The van der Waals surface area contributed by atoms with E-state index in [0.717, 1.165) is 10.5 Å². The summed E-state index contributed by atoms with van der Waals surface area (Å²) in [6, 6.07) is 11.8. The molecular formula is C23H23N3O6S. The largest absolute Gasteiger partial charge is 0.465 e. The summed E-state index contributed by atoms with van der Waals surface area (Å²) in [6.45, 7) is 3.16. The monoisotopic (exact) mass is 469 g/mol. The number of rotatable bonds is 6. The fourth-order valence-corrected chi connectivity index (χ4v) is 4.52. The summed E-state index contributed by atoms with van der Waals surface area (Å²) in [6.07, 6.45) is 0.0662. The average Bonchev–Trinajstić information content (AvgIpc) is 3.40. The van der Waals surface area contributed by atoms with Gasteiger partial charge in [0.05, 0.1) is 24.9 Å². The van der Waals surface area contributed by atoms with Gasteiger partial charge in [-0.2, -0.15) is 0 Å². The molecule has 2 aromatic rings. The van der Waals surface area contributed by atoms with Crippen LogP contribution in [-0.4, -0.2) is 48.6 Å². The van der Waals surface area contributed by atoms with Crippen molar-refractivity contribution in [2.24, 2.45) is 4.99 Å². The molecule has 0 aromatic heterocycles. The minimum absolute atomic E-state index is 0.0662. The van der Waals surface area contributed by atoms with E-state index in [0.29, 0.717) is 41.0 Å². The maximum absolute atomic E-state index is 13.0. The van der Waals surface area contributed by atoms with E-state index >= 15 is 0 Å². The number of thioether (sulfide) groups is 1. The highest BCUT2D eigenvalue weighted by atomic mass is 32.2. The number of hydrogen-bond acceptors (Lipinski definition) is 8. The minimum Gasteiger partial charge on any atom is -0.465 e. The molecular weight excluding hydrogens is 446 g/mol. The van der Waals surface area contributed by atoms with E-state index in [9.17, 15) is 14.4 Å². The van der Waals surface area contributed by atoms with Crippen LogP contribution in [0.5, 0.6) is 11.5 Å². The number of amidine groups is 1. The zero-order valence-electron chi connectivity index (χ0n) is 18.2. The molecule has 2 aliphatic rings. The lowest BCUT2D eigenvalue weighted by Gasteiger charge is -2.16. The molecule has 33 heavy (non-hydrogen) atoms. The predicted octanol–water partition coefficient (Wildman–Crippen LogP) is 2.73. The van der Waals surface area contributed by atoms with Crippen LogP contribution in [0.15, 0.2) is 47.5 Å². The number of nitrogens with zero attached hydrogens (tertiary/aromatic N) is 2. The molecule has 4 rings (SSSR count). The average molecular weight is 470 g/mol. The number of carbonyl (C=O) groups excluding carboxylic acids is 3. The summed E-state index contributed by atoms with van der Waals surface area (Å²) in [7, 11) is 1.29. The van der Waals surface area contributed by atoms with Crippen molar-refractivity contribution in [3.8, 4) is 11.5 Å². The lowest BCUT2D eigenvalue weighted by molar-refractivity contribution is -0.121. The van der Waals surface area contributed by atoms with E-state index in [1.54, 1.807) is 12.1 Å². The number of methoxy groups -OCH3 is 1. The van der Waals surface area contributed by atoms with E-state index in [-0.39, 0.29) is 25.0 Å². The van der Waals surface area contributed by atoms with Crippen molar-refractivity contribution in [2.75, 3.05) is 25.3 Å².